The summed E-state index contributed by atoms with van der Waals surface area (Å²) >= 11 is 5.88. The van der Waals surface area contributed by atoms with Crippen molar-refractivity contribution in [3.05, 3.63) is 29.0 Å². The normalized spacial score (nSPS) is 21.9. The van der Waals surface area contributed by atoms with Gasteiger partial charge in [-0.05, 0) is 44.0 Å². The first-order valence-corrected chi connectivity index (χ1v) is 7.95. The summed E-state index contributed by atoms with van der Waals surface area (Å²) in [5, 5.41) is 12.8. The van der Waals surface area contributed by atoms with Crippen LogP contribution in [0.1, 0.15) is 25.7 Å². The van der Waals surface area contributed by atoms with E-state index in [9.17, 15) is 14.3 Å². The van der Waals surface area contributed by atoms with E-state index in [-0.39, 0.29) is 29.5 Å². The number of hydrogen-bond donors (Lipinski definition) is 2. The van der Waals surface area contributed by atoms with Crippen molar-refractivity contribution in [2.75, 3.05) is 25.5 Å². The average Bonchev–Trinajstić information content (AvgIpc) is 2.44. The van der Waals surface area contributed by atoms with E-state index in [0.29, 0.717) is 12.2 Å². The van der Waals surface area contributed by atoms with Crippen LogP contribution in [-0.2, 0) is 4.79 Å². The first kappa shape index (κ1) is 17.2. The third-order valence-electron chi connectivity index (χ3n) is 4.03. The molecule has 0 aliphatic heterocycles. The highest BCUT2D eigenvalue weighted by Gasteiger charge is 2.24. The minimum atomic E-state index is -0.439. The molecule has 2 atom stereocenters. The number of nitrogens with one attached hydrogen (secondary N) is 1. The van der Waals surface area contributed by atoms with Crippen molar-refractivity contribution in [3.8, 4) is 0 Å². The number of benzene rings is 1. The zero-order valence-corrected chi connectivity index (χ0v) is 13.4. The van der Waals surface area contributed by atoms with Gasteiger partial charge >= 0.3 is 0 Å². The summed E-state index contributed by atoms with van der Waals surface area (Å²) < 4.78 is 13.0. The number of carbonyl (C=O) groups excluding carboxylic acids is 1. The van der Waals surface area contributed by atoms with Crippen LogP contribution in [0.25, 0.3) is 0 Å². The van der Waals surface area contributed by atoms with E-state index in [1.165, 1.54) is 18.2 Å². The predicted octanol–water partition coefficient (Wildman–Crippen LogP) is 2.90. The van der Waals surface area contributed by atoms with Crippen LogP contribution < -0.4 is 5.32 Å². The maximum atomic E-state index is 13.0. The third kappa shape index (κ3) is 4.93. The van der Waals surface area contributed by atoms with Crippen LogP contribution in [0.3, 0.4) is 0 Å². The minimum absolute atomic E-state index is 0.179. The number of halogens is 2. The van der Waals surface area contributed by atoms with E-state index in [4.69, 9.17) is 11.6 Å². The molecule has 1 aliphatic rings. The molecule has 0 radical (unpaired) electrons. The number of nitrogens with zero attached hydrogens (tertiary/aromatic N) is 1. The van der Waals surface area contributed by atoms with E-state index < -0.39 is 5.82 Å². The fourth-order valence-corrected chi connectivity index (χ4v) is 3.11. The molecule has 0 spiro atoms. The van der Waals surface area contributed by atoms with E-state index in [1.807, 2.05) is 11.9 Å². The van der Waals surface area contributed by atoms with Crippen molar-refractivity contribution in [3.63, 3.8) is 0 Å². The monoisotopic (exact) mass is 328 g/mol. The first-order valence-electron chi connectivity index (χ1n) is 7.57. The number of hydrogen-bond acceptors (Lipinski definition) is 3. The standard InChI is InChI=1S/C16H22ClFN2O2/c1-20(9-11-4-2-3-5-15(11)21)10-16(22)19-14-7-6-12(18)8-13(14)17/h6-8,11,15,21H,2-5,9-10H2,1H3,(H,19,22). The fraction of sp³-hybridized carbons (Fsp3) is 0.562. The number of anilines is 1. The molecule has 0 aromatic heterocycles. The molecule has 0 saturated heterocycles. The van der Waals surface area contributed by atoms with Crippen molar-refractivity contribution < 1.29 is 14.3 Å². The van der Waals surface area contributed by atoms with Gasteiger partial charge in [-0.25, -0.2) is 4.39 Å². The van der Waals surface area contributed by atoms with Gasteiger partial charge in [0.05, 0.1) is 23.4 Å². The van der Waals surface area contributed by atoms with Crippen LogP contribution in [0, 0.1) is 11.7 Å². The summed E-state index contributed by atoms with van der Waals surface area (Å²) in [6.07, 6.45) is 3.77. The number of carbonyl (C=O) groups is 1. The molecule has 1 aromatic carbocycles. The molecule has 0 heterocycles. The van der Waals surface area contributed by atoms with Crippen LogP contribution in [0.2, 0.25) is 5.02 Å². The van der Waals surface area contributed by atoms with Crippen LogP contribution in [0.4, 0.5) is 10.1 Å². The van der Waals surface area contributed by atoms with Gasteiger partial charge in [0.1, 0.15) is 5.82 Å². The molecule has 1 saturated carbocycles. The van der Waals surface area contributed by atoms with Crippen molar-refractivity contribution in [1.29, 1.82) is 0 Å². The van der Waals surface area contributed by atoms with Crippen LogP contribution in [-0.4, -0.2) is 42.2 Å². The summed E-state index contributed by atoms with van der Waals surface area (Å²) in [5.74, 6) is -0.423. The Balaban J connectivity index is 1.83. The molecule has 2 N–H and O–H groups in total. The quantitative estimate of drug-likeness (QED) is 0.874. The molecule has 1 amide bonds. The molecule has 122 valence electrons. The third-order valence-corrected chi connectivity index (χ3v) is 4.35. The molecule has 22 heavy (non-hydrogen) atoms. The molecule has 4 nitrogen and oxygen atoms in total. The van der Waals surface area contributed by atoms with Gasteiger partial charge in [-0.15, -0.1) is 0 Å². The van der Waals surface area contributed by atoms with E-state index in [2.05, 4.69) is 5.32 Å². The topological polar surface area (TPSA) is 52.6 Å². The molecule has 1 fully saturated rings. The highest BCUT2D eigenvalue weighted by molar-refractivity contribution is 6.33. The van der Waals surface area contributed by atoms with Gasteiger partial charge in [-0.3, -0.25) is 9.69 Å². The van der Waals surface area contributed by atoms with Gasteiger partial charge in [-0.1, -0.05) is 24.4 Å². The molecule has 6 heteroatoms. The van der Waals surface area contributed by atoms with Gasteiger partial charge in [0.25, 0.3) is 0 Å². The molecule has 1 aliphatic carbocycles. The Morgan fingerprint density at radius 2 is 2.18 bits per heavy atom. The predicted molar refractivity (Wildman–Crippen MR) is 85.5 cm³/mol. The molecule has 1 aromatic rings. The number of rotatable bonds is 5. The largest absolute Gasteiger partial charge is 0.393 e. The Kier molecular flexibility index (Phi) is 6.17. The molecule has 2 unspecified atom stereocenters. The van der Waals surface area contributed by atoms with Crippen molar-refractivity contribution in [1.82, 2.24) is 4.90 Å². The minimum Gasteiger partial charge on any atom is -0.393 e. The average molecular weight is 329 g/mol. The molecule has 0 bridgehead atoms. The smallest absolute Gasteiger partial charge is 0.238 e. The Morgan fingerprint density at radius 1 is 1.45 bits per heavy atom. The summed E-state index contributed by atoms with van der Waals surface area (Å²) in [6.45, 7) is 0.892. The summed E-state index contributed by atoms with van der Waals surface area (Å²) in [4.78, 5) is 13.9. The number of aliphatic hydroxyl groups is 1. The van der Waals surface area contributed by atoms with Crippen molar-refractivity contribution in [2.45, 2.75) is 31.8 Å². The second kappa shape index (κ2) is 7.90. The highest BCUT2D eigenvalue weighted by atomic mass is 35.5. The van der Waals surface area contributed by atoms with E-state index in [0.717, 1.165) is 25.7 Å². The zero-order chi connectivity index (χ0) is 16.1. The van der Waals surface area contributed by atoms with Gasteiger partial charge in [0, 0.05) is 6.54 Å². The Bertz CT molecular complexity index is 527. The summed E-state index contributed by atoms with van der Waals surface area (Å²) in [7, 11) is 1.85. The molecular weight excluding hydrogens is 307 g/mol. The lowest BCUT2D eigenvalue weighted by Crippen LogP contribution is -2.38. The number of amides is 1. The number of aliphatic hydroxyl groups excluding tert-OH is 1. The lowest BCUT2D eigenvalue weighted by molar-refractivity contribution is -0.117. The fourth-order valence-electron chi connectivity index (χ4n) is 2.89. The van der Waals surface area contributed by atoms with Crippen molar-refractivity contribution >= 4 is 23.2 Å². The van der Waals surface area contributed by atoms with Crippen LogP contribution >= 0.6 is 11.6 Å². The Morgan fingerprint density at radius 3 is 2.86 bits per heavy atom. The maximum absolute atomic E-state index is 13.0. The molecular formula is C16H22ClFN2O2. The zero-order valence-electron chi connectivity index (χ0n) is 12.7. The summed E-state index contributed by atoms with van der Waals surface area (Å²) in [5.41, 5.74) is 0.402. The van der Waals surface area contributed by atoms with Gasteiger partial charge in [0.2, 0.25) is 5.91 Å². The lowest BCUT2D eigenvalue weighted by atomic mass is 9.86. The van der Waals surface area contributed by atoms with Crippen molar-refractivity contribution in [2.24, 2.45) is 5.92 Å². The number of likely N-dealkylation sites (N-methyl/N-ethyl adjacent to an activating group) is 1. The van der Waals surface area contributed by atoms with Gasteiger partial charge in [-0.2, -0.15) is 0 Å². The Hall–Kier alpha value is -1.17. The Labute approximate surface area is 135 Å². The second-order valence-electron chi connectivity index (χ2n) is 5.98. The second-order valence-corrected chi connectivity index (χ2v) is 6.39. The highest BCUT2D eigenvalue weighted by Crippen LogP contribution is 2.25. The van der Waals surface area contributed by atoms with Gasteiger partial charge < -0.3 is 10.4 Å². The first-order chi connectivity index (χ1) is 10.5. The van der Waals surface area contributed by atoms with Crippen LogP contribution in [0.5, 0.6) is 0 Å². The van der Waals surface area contributed by atoms with E-state index >= 15 is 0 Å². The van der Waals surface area contributed by atoms with E-state index in [1.54, 1.807) is 0 Å². The maximum Gasteiger partial charge on any atom is 0.238 e. The summed E-state index contributed by atoms with van der Waals surface area (Å²) in [6, 6.07) is 3.86. The lowest BCUT2D eigenvalue weighted by Gasteiger charge is -2.30. The molecule has 2 rings (SSSR count). The van der Waals surface area contributed by atoms with Gasteiger partial charge in [0.15, 0.2) is 0 Å². The SMILES string of the molecule is CN(CC(=O)Nc1ccc(F)cc1Cl)CC1CCCCC1O. The van der Waals surface area contributed by atoms with Crippen LogP contribution in [0.15, 0.2) is 18.2 Å².